The molecule has 3 aliphatic rings. The molecular formula is C18H19N3O5. The normalized spacial score (nSPS) is 26.3. The topological polar surface area (TPSA) is 86.9 Å². The van der Waals surface area contributed by atoms with E-state index in [1.54, 1.807) is 6.92 Å². The molecule has 0 saturated carbocycles. The summed E-state index contributed by atoms with van der Waals surface area (Å²) < 4.78 is 21.8. The lowest BCUT2D eigenvalue weighted by atomic mass is 9.81. The lowest BCUT2D eigenvalue weighted by molar-refractivity contribution is -0.130. The molecule has 1 aromatic heterocycles. The minimum absolute atomic E-state index is 0.0777. The van der Waals surface area contributed by atoms with Crippen LogP contribution in [-0.4, -0.2) is 54.0 Å². The van der Waals surface area contributed by atoms with Crippen LogP contribution in [0.3, 0.4) is 0 Å². The van der Waals surface area contributed by atoms with Crippen molar-refractivity contribution in [2.24, 2.45) is 5.92 Å². The maximum Gasteiger partial charge on any atom is 0.237 e. The molecule has 136 valence electrons. The first-order valence-electron chi connectivity index (χ1n) is 8.69. The Labute approximate surface area is 150 Å². The van der Waals surface area contributed by atoms with Gasteiger partial charge in [0.15, 0.2) is 17.3 Å². The summed E-state index contributed by atoms with van der Waals surface area (Å²) in [7, 11) is 0. The van der Waals surface area contributed by atoms with E-state index in [0.717, 1.165) is 11.3 Å². The Morgan fingerprint density at radius 3 is 3.08 bits per heavy atom. The average Bonchev–Trinajstić information content (AvgIpc) is 3.36. The smallest absolute Gasteiger partial charge is 0.237 e. The third kappa shape index (κ3) is 2.36. The predicted molar refractivity (Wildman–Crippen MR) is 87.9 cm³/mol. The molecule has 5 rings (SSSR count). The van der Waals surface area contributed by atoms with Gasteiger partial charge in [0.2, 0.25) is 18.6 Å². The summed E-state index contributed by atoms with van der Waals surface area (Å²) in [5.74, 6) is 2.86. The highest BCUT2D eigenvalue weighted by molar-refractivity contribution is 5.79. The van der Waals surface area contributed by atoms with Gasteiger partial charge in [-0.2, -0.15) is 4.98 Å². The quantitative estimate of drug-likeness (QED) is 0.812. The van der Waals surface area contributed by atoms with Gasteiger partial charge in [0.1, 0.15) is 0 Å². The minimum Gasteiger partial charge on any atom is -0.454 e. The maximum atomic E-state index is 12.9. The molecule has 1 aromatic carbocycles. The molecule has 2 fully saturated rings. The van der Waals surface area contributed by atoms with Crippen LogP contribution in [0.2, 0.25) is 0 Å². The Morgan fingerprint density at radius 2 is 2.23 bits per heavy atom. The van der Waals surface area contributed by atoms with Crippen molar-refractivity contribution in [3.63, 3.8) is 0 Å². The fourth-order valence-electron chi connectivity index (χ4n) is 4.06. The summed E-state index contributed by atoms with van der Waals surface area (Å²) in [5, 5.41) is 3.92. The van der Waals surface area contributed by atoms with Gasteiger partial charge in [-0.05, 0) is 24.6 Å². The Hall–Kier alpha value is -2.61. The SMILES string of the molecule is Cc1noc([C@@]23COC[C@@H]2CN(C(=O)Cc2ccc4c(c2)OCO4)C3)n1. The van der Waals surface area contributed by atoms with E-state index in [1.807, 2.05) is 23.1 Å². The molecule has 3 aliphatic heterocycles. The van der Waals surface area contributed by atoms with Crippen LogP contribution in [0, 0.1) is 12.8 Å². The van der Waals surface area contributed by atoms with Crippen molar-refractivity contribution in [2.75, 3.05) is 33.1 Å². The number of aryl methyl sites for hydroxylation is 1. The Morgan fingerprint density at radius 1 is 1.35 bits per heavy atom. The molecule has 1 amide bonds. The van der Waals surface area contributed by atoms with Gasteiger partial charge >= 0.3 is 0 Å². The number of ether oxygens (including phenoxy) is 3. The number of fused-ring (bicyclic) bond motifs is 2. The molecule has 2 atom stereocenters. The second kappa shape index (κ2) is 5.70. The first kappa shape index (κ1) is 15.6. The van der Waals surface area contributed by atoms with Crippen LogP contribution >= 0.6 is 0 Å². The van der Waals surface area contributed by atoms with Crippen molar-refractivity contribution in [1.82, 2.24) is 15.0 Å². The van der Waals surface area contributed by atoms with Gasteiger partial charge in [-0.1, -0.05) is 11.2 Å². The molecule has 0 unspecified atom stereocenters. The molecule has 8 nitrogen and oxygen atoms in total. The zero-order valence-corrected chi connectivity index (χ0v) is 14.4. The van der Waals surface area contributed by atoms with Gasteiger partial charge in [-0.25, -0.2) is 0 Å². The van der Waals surface area contributed by atoms with E-state index in [4.69, 9.17) is 18.7 Å². The average molecular weight is 357 g/mol. The van der Waals surface area contributed by atoms with Crippen LogP contribution in [0.4, 0.5) is 0 Å². The van der Waals surface area contributed by atoms with E-state index in [9.17, 15) is 4.79 Å². The van der Waals surface area contributed by atoms with E-state index < -0.39 is 0 Å². The highest BCUT2D eigenvalue weighted by Crippen LogP contribution is 2.43. The van der Waals surface area contributed by atoms with Gasteiger partial charge in [0, 0.05) is 19.0 Å². The number of amides is 1. The fraction of sp³-hybridized carbons (Fsp3) is 0.500. The summed E-state index contributed by atoms with van der Waals surface area (Å²) in [6.45, 7) is 4.33. The van der Waals surface area contributed by atoms with Crippen molar-refractivity contribution in [1.29, 1.82) is 0 Å². The van der Waals surface area contributed by atoms with Gasteiger partial charge in [-0.3, -0.25) is 4.79 Å². The number of hydrogen-bond acceptors (Lipinski definition) is 7. The van der Waals surface area contributed by atoms with E-state index in [0.29, 0.717) is 50.2 Å². The van der Waals surface area contributed by atoms with E-state index in [1.165, 1.54) is 0 Å². The number of rotatable bonds is 3. The lowest BCUT2D eigenvalue weighted by Gasteiger charge is -2.22. The largest absolute Gasteiger partial charge is 0.454 e. The van der Waals surface area contributed by atoms with Crippen LogP contribution in [-0.2, 0) is 21.4 Å². The van der Waals surface area contributed by atoms with Crippen molar-refractivity contribution in [3.8, 4) is 11.5 Å². The third-order valence-electron chi connectivity index (χ3n) is 5.47. The fourth-order valence-corrected chi connectivity index (χ4v) is 4.06. The Kier molecular flexibility index (Phi) is 3.43. The first-order chi connectivity index (χ1) is 12.6. The number of hydrogen-bond donors (Lipinski definition) is 0. The molecule has 4 heterocycles. The van der Waals surface area contributed by atoms with Crippen molar-refractivity contribution in [3.05, 3.63) is 35.5 Å². The number of carbonyl (C=O) groups excluding carboxylic acids is 1. The van der Waals surface area contributed by atoms with Gasteiger partial charge in [0.05, 0.1) is 25.0 Å². The molecule has 0 bridgehead atoms. The molecule has 26 heavy (non-hydrogen) atoms. The number of carbonyl (C=O) groups is 1. The van der Waals surface area contributed by atoms with Crippen LogP contribution < -0.4 is 9.47 Å². The van der Waals surface area contributed by atoms with Crippen LogP contribution in [0.25, 0.3) is 0 Å². The van der Waals surface area contributed by atoms with Crippen molar-refractivity contribution < 1.29 is 23.5 Å². The van der Waals surface area contributed by atoms with Gasteiger partial charge in [0.25, 0.3) is 0 Å². The highest BCUT2D eigenvalue weighted by atomic mass is 16.7. The molecule has 8 heteroatoms. The molecule has 2 aromatic rings. The minimum atomic E-state index is -0.383. The third-order valence-corrected chi connectivity index (χ3v) is 5.47. The summed E-state index contributed by atoms with van der Waals surface area (Å²) in [5.41, 5.74) is 0.529. The monoisotopic (exact) mass is 357 g/mol. The van der Waals surface area contributed by atoms with E-state index in [2.05, 4.69) is 10.1 Å². The number of likely N-dealkylation sites (tertiary alicyclic amines) is 1. The summed E-state index contributed by atoms with van der Waals surface area (Å²) in [6, 6.07) is 5.63. The zero-order valence-electron chi connectivity index (χ0n) is 14.4. The number of benzene rings is 1. The lowest BCUT2D eigenvalue weighted by Crippen LogP contribution is -2.38. The molecule has 0 spiro atoms. The van der Waals surface area contributed by atoms with Crippen molar-refractivity contribution >= 4 is 5.91 Å². The predicted octanol–water partition coefficient (Wildman–Crippen LogP) is 1.08. The van der Waals surface area contributed by atoms with Gasteiger partial charge in [-0.15, -0.1) is 0 Å². The van der Waals surface area contributed by atoms with Gasteiger partial charge < -0.3 is 23.6 Å². The zero-order chi connectivity index (χ0) is 17.7. The molecule has 0 radical (unpaired) electrons. The maximum absolute atomic E-state index is 12.9. The molecule has 0 N–H and O–H groups in total. The Bertz CT molecular complexity index is 866. The van der Waals surface area contributed by atoms with Crippen molar-refractivity contribution in [2.45, 2.75) is 18.8 Å². The number of aromatic nitrogens is 2. The molecule has 2 saturated heterocycles. The van der Waals surface area contributed by atoms with Crippen LogP contribution in [0.5, 0.6) is 11.5 Å². The summed E-state index contributed by atoms with van der Waals surface area (Å²) in [6.07, 6.45) is 0.323. The first-order valence-corrected chi connectivity index (χ1v) is 8.69. The van der Waals surface area contributed by atoms with E-state index in [-0.39, 0.29) is 24.0 Å². The molecule has 0 aliphatic carbocycles. The van der Waals surface area contributed by atoms with E-state index >= 15 is 0 Å². The highest BCUT2D eigenvalue weighted by Gasteiger charge is 2.56. The molecular weight excluding hydrogens is 338 g/mol. The summed E-state index contributed by atoms with van der Waals surface area (Å²) in [4.78, 5) is 19.2. The second-order valence-electron chi connectivity index (χ2n) is 7.15. The second-order valence-corrected chi connectivity index (χ2v) is 7.15. The Balaban J connectivity index is 1.34. The van der Waals surface area contributed by atoms with Crippen LogP contribution in [0.1, 0.15) is 17.3 Å². The number of nitrogens with zero attached hydrogens (tertiary/aromatic N) is 3. The summed E-state index contributed by atoms with van der Waals surface area (Å²) >= 11 is 0. The van der Waals surface area contributed by atoms with Crippen LogP contribution in [0.15, 0.2) is 22.7 Å². The standard InChI is InChI=1S/C18H19N3O5/c1-11-19-17(26-20-11)18-8-21(6-13(18)7-23-9-18)16(22)5-12-2-3-14-15(4-12)25-10-24-14/h2-4,13H,5-10H2,1H3/t13-,18-/m0/s1.